The standard InChI is InChI=1S/C12H21NS/c1-9(2)5-11-7-14-8-12(11)6-13-10(3)4/h7-10,13H,5-6H2,1-4H3. The van der Waals surface area contributed by atoms with Crippen molar-refractivity contribution in [3.63, 3.8) is 0 Å². The van der Waals surface area contributed by atoms with E-state index in [4.69, 9.17) is 0 Å². The van der Waals surface area contributed by atoms with Gasteiger partial charge in [0.25, 0.3) is 0 Å². The van der Waals surface area contributed by atoms with E-state index in [-0.39, 0.29) is 0 Å². The topological polar surface area (TPSA) is 12.0 Å². The summed E-state index contributed by atoms with van der Waals surface area (Å²) in [6, 6.07) is 0.571. The van der Waals surface area contributed by atoms with Crippen molar-refractivity contribution in [1.82, 2.24) is 5.32 Å². The van der Waals surface area contributed by atoms with E-state index >= 15 is 0 Å². The van der Waals surface area contributed by atoms with Crippen LogP contribution in [0.25, 0.3) is 0 Å². The molecule has 14 heavy (non-hydrogen) atoms. The van der Waals surface area contributed by atoms with Gasteiger partial charge in [-0.2, -0.15) is 11.3 Å². The molecule has 0 aliphatic rings. The second-order valence-corrected chi connectivity index (χ2v) is 5.30. The summed E-state index contributed by atoms with van der Waals surface area (Å²) in [6.07, 6.45) is 1.21. The number of rotatable bonds is 5. The van der Waals surface area contributed by atoms with Gasteiger partial charge in [0.2, 0.25) is 0 Å². The maximum Gasteiger partial charge on any atom is 0.0218 e. The summed E-state index contributed by atoms with van der Waals surface area (Å²) in [5, 5.41) is 8.03. The van der Waals surface area contributed by atoms with Crippen molar-refractivity contribution >= 4 is 11.3 Å². The van der Waals surface area contributed by atoms with Crippen molar-refractivity contribution in [2.75, 3.05) is 0 Å². The van der Waals surface area contributed by atoms with E-state index in [1.165, 1.54) is 17.5 Å². The maximum absolute atomic E-state index is 3.47. The van der Waals surface area contributed by atoms with Crippen molar-refractivity contribution in [1.29, 1.82) is 0 Å². The first kappa shape index (κ1) is 11.7. The Balaban J connectivity index is 2.53. The SMILES string of the molecule is CC(C)Cc1cscc1CNC(C)C. The molecule has 0 aliphatic carbocycles. The van der Waals surface area contributed by atoms with Crippen molar-refractivity contribution in [2.24, 2.45) is 5.92 Å². The molecule has 0 saturated heterocycles. The molecule has 1 nitrogen and oxygen atoms in total. The molecule has 0 aliphatic heterocycles. The Morgan fingerprint density at radius 3 is 2.36 bits per heavy atom. The predicted molar refractivity (Wildman–Crippen MR) is 64.8 cm³/mol. The lowest BCUT2D eigenvalue weighted by molar-refractivity contribution is 0.581. The van der Waals surface area contributed by atoms with Crippen LogP contribution in [0.4, 0.5) is 0 Å². The molecule has 2 heteroatoms. The van der Waals surface area contributed by atoms with Crippen LogP contribution in [0.15, 0.2) is 10.8 Å². The molecule has 1 aromatic rings. The minimum absolute atomic E-state index is 0.571. The van der Waals surface area contributed by atoms with Gasteiger partial charge >= 0.3 is 0 Å². The summed E-state index contributed by atoms with van der Waals surface area (Å²) in [4.78, 5) is 0. The molecule has 1 heterocycles. The molecule has 80 valence electrons. The van der Waals surface area contributed by atoms with Gasteiger partial charge in [-0.1, -0.05) is 27.7 Å². The summed E-state index contributed by atoms with van der Waals surface area (Å²) in [7, 11) is 0. The molecule has 0 aromatic carbocycles. The monoisotopic (exact) mass is 211 g/mol. The number of hydrogen-bond acceptors (Lipinski definition) is 2. The third kappa shape index (κ3) is 3.81. The van der Waals surface area contributed by atoms with Gasteiger partial charge in [0.15, 0.2) is 0 Å². The molecule has 1 aromatic heterocycles. The third-order valence-corrected chi connectivity index (χ3v) is 3.00. The molecular weight excluding hydrogens is 190 g/mol. The summed E-state index contributed by atoms with van der Waals surface area (Å²) in [5.74, 6) is 0.752. The van der Waals surface area contributed by atoms with Crippen LogP contribution < -0.4 is 5.32 Å². The largest absolute Gasteiger partial charge is 0.310 e. The van der Waals surface area contributed by atoms with Crippen LogP contribution in [0.1, 0.15) is 38.8 Å². The van der Waals surface area contributed by atoms with Crippen molar-refractivity contribution in [3.8, 4) is 0 Å². The van der Waals surface area contributed by atoms with Crippen LogP contribution in [0.5, 0.6) is 0 Å². The van der Waals surface area contributed by atoms with E-state index in [0.717, 1.165) is 12.5 Å². The second kappa shape index (κ2) is 5.52. The highest BCUT2D eigenvalue weighted by atomic mass is 32.1. The van der Waals surface area contributed by atoms with E-state index in [0.29, 0.717) is 6.04 Å². The summed E-state index contributed by atoms with van der Waals surface area (Å²) in [5.41, 5.74) is 3.01. The minimum atomic E-state index is 0.571. The van der Waals surface area contributed by atoms with Crippen LogP contribution in [0.3, 0.4) is 0 Å². The second-order valence-electron chi connectivity index (χ2n) is 4.56. The quantitative estimate of drug-likeness (QED) is 0.786. The molecule has 0 fully saturated rings. The van der Waals surface area contributed by atoms with Crippen LogP contribution in [-0.2, 0) is 13.0 Å². The lowest BCUT2D eigenvalue weighted by atomic mass is 10.0. The fourth-order valence-electron chi connectivity index (χ4n) is 1.44. The lowest BCUT2D eigenvalue weighted by Crippen LogP contribution is -2.22. The average molecular weight is 211 g/mol. The van der Waals surface area contributed by atoms with Crippen molar-refractivity contribution < 1.29 is 0 Å². The molecule has 0 saturated carbocycles. The highest BCUT2D eigenvalue weighted by molar-refractivity contribution is 7.08. The zero-order chi connectivity index (χ0) is 10.6. The lowest BCUT2D eigenvalue weighted by Gasteiger charge is -2.10. The summed E-state index contributed by atoms with van der Waals surface area (Å²) < 4.78 is 0. The maximum atomic E-state index is 3.47. The Kier molecular flexibility index (Phi) is 4.63. The number of thiophene rings is 1. The van der Waals surface area contributed by atoms with Gasteiger partial charge in [0.05, 0.1) is 0 Å². The van der Waals surface area contributed by atoms with Crippen LogP contribution >= 0.6 is 11.3 Å². The summed E-state index contributed by atoms with van der Waals surface area (Å²) in [6.45, 7) is 9.95. The van der Waals surface area contributed by atoms with E-state index in [1.807, 2.05) is 11.3 Å². The molecule has 1 N–H and O–H groups in total. The van der Waals surface area contributed by atoms with Crippen LogP contribution in [0.2, 0.25) is 0 Å². The summed E-state index contributed by atoms with van der Waals surface area (Å²) >= 11 is 1.82. The first-order valence-electron chi connectivity index (χ1n) is 5.37. The van der Waals surface area contributed by atoms with Crippen molar-refractivity contribution in [2.45, 2.75) is 46.7 Å². The Hall–Kier alpha value is -0.340. The fraction of sp³-hybridized carbons (Fsp3) is 0.667. The first-order chi connectivity index (χ1) is 6.59. The van der Waals surface area contributed by atoms with Gasteiger partial charge in [-0.25, -0.2) is 0 Å². The Morgan fingerprint density at radius 1 is 1.14 bits per heavy atom. The van der Waals surface area contributed by atoms with E-state index < -0.39 is 0 Å². The van der Waals surface area contributed by atoms with E-state index in [9.17, 15) is 0 Å². The van der Waals surface area contributed by atoms with Gasteiger partial charge in [0.1, 0.15) is 0 Å². The first-order valence-corrected chi connectivity index (χ1v) is 6.31. The highest BCUT2D eigenvalue weighted by Gasteiger charge is 2.06. The fourth-order valence-corrected chi connectivity index (χ4v) is 2.32. The Morgan fingerprint density at radius 2 is 1.79 bits per heavy atom. The Labute approximate surface area is 91.5 Å². The smallest absolute Gasteiger partial charge is 0.0218 e. The number of hydrogen-bond donors (Lipinski definition) is 1. The minimum Gasteiger partial charge on any atom is -0.310 e. The molecule has 0 unspecified atom stereocenters. The zero-order valence-electron chi connectivity index (χ0n) is 9.63. The van der Waals surface area contributed by atoms with E-state index in [1.54, 1.807) is 0 Å². The molecule has 0 amide bonds. The predicted octanol–water partition coefficient (Wildman–Crippen LogP) is 3.44. The normalized spacial score (nSPS) is 11.6. The molecule has 1 rings (SSSR count). The van der Waals surface area contributed by atoms with E-state index in [2.05, 4.69) is 43.8 Å². The van der Waals surface area contributed by atoms with Gasteiger partial charge < -0.3 is 5.32 Å². The van der Waals surface area contributed by atoms with Gasteiger partial charge in [-0.3, -0.25) is 0 Å². The average Bonchev–Trinajstić information content (AvgIpc) is 2.47. The van der Waals surface area contributed by atoms with Gasteiger partial charge in [0, 0.05) is 12.6 Å². The number of nitrogens with one attached hydrogen (secondary N) is 1. The zero-order valence-corrected chi connectivity index (χ0v) is 10.4. The van der Waals surface area contributed by atoms with Gasteiger partial charge in [-0.15, -0.1) is 0 Å². The Bertz CT molecular complexity index is 263. The molecule has 0 atom stereocenters. The highest BCUT2D eigenvalue weighted by Crippen LogP contribution is 2.18. The third-order valence-electron chi connectivity index (χ3n) is 2.16. The van der Waals surface area contributed by atoms with Crippen molar-refractivity contribution in [3.05, 3.63) is 21.9 Å². The molecular formula is C12H21NS. The van der Waals surface area contributed by atoms with Gasteiger partial charge in [-0.05, 0) is 34.2 Å². The van der Waals surface area contributed by atoms with Crippen LogP contribution in [-0.4, -0.2) is 6.04 Å². The molecule has 0 radical (unpaired) electrons. The molecule has 0 bridgehead atoms. The molecule has 0 spiro atoms. The van der Waals surface area contributed by atoms with Crippen LogP contribution in [0, 0.1) is 5.92 Å².